The molecule has 1 aliphatic rings. The van der Waals surface area contributed by atoms with Gasteiger partial charge in [0.05, 0.1) is 16.3 Å². The maximum Gasteiger partial charge on any atom is 0.335 e. The van der Waals surface area contributed by atoms with Gasteiger partial charge in [0.2, 0.25) is 0 Å². The van der Waals surface area contributed by atoms with E-state index in [9.17, 15) is 4.79 Å². The molecule has 170 valence electrons. The quantitative estimate of drug-likeness (QED) is 0.404. The van der Waals surface area contributed by atoms with Crippen LogP contribution in [0.3, 0.4) is 0 Å². The van der Waals surface area contributed by atoms with Crippen LogP contribution >= 0.6 is 11.6 Å². The van der Waals surface area contributed by atoms with E-state index >= 15 is 0 Å². The summed E-state index contributed by atoms with van der Waals surface area (Å²) in [7, 11) is 0. The smallest absolute Gasteiger partial charge is 0.335 e. The third-order valence-electron chi connectivity index (χ3n) is 5.67. The van der Waals surface area contributed by atoms with Gasteiger partial charge in [-0.25, -0.2) is 4.79 Å². The number of aliphatic imine (C=N–C) groups is 1. The molecule has 0 aliphatic carbocycles. The Balaban J connectivity index is 1.46. The second kappa shape index (κ2) is 10.9. The Morgan fingerprint density at radius 1 is 0.909 bits per heavy atom. The molecule has 0 atom stereocenters. The van der Waals surface area contributed by atoms with Gasteiger partial charge in [0, 0.05) is 38.4 Å². The fourth-order valence-corrected chi connectivity index (χ4v) is 4.10. The molecule has 1 fully saturated rings. The fraction of sp³-hybridized carbons (Fsp3) is 0.231. The van der Waals surface area contributed by atoms with Crippen LogP contribution in [0, 0.1) is 0 Å². The molecule has 1 aliphatic heterocycles. The van der Waals surface area contributed by atoms with E-state index in [-0.39, 0.29) is 5.56 Å². The van der Waals surface area contributed by atoms with E-state index in [2.05, 4.69) is 33.3 Å². The highest BCUT2D eigenvalue weighted by molar-refractivity contribution is 6.33. The maximum absolute atomic E-state index is 11.2. The molecule has 4 rings (SSSR count). The minimum atomic E-state index is -0.936. The Kier molecular flexibility index (Phi) is 7.47. The van der Waals surface area contributed by atoms with Gasteiger partial charge in [-0.2, -0.15) is 0 Å². The van der Waals surface area contributed by atoms with Crippen LogP contribution in [0.25, 0.3) is 0 Å². The summed E-state index contributed by atoms with van der Waals surface area (Å²) in [6.45, 7) is 3.93. The summed E-state index contributed by atoms with van der Waals surface area (Å²) in [4.78, 5) is 20.6. The molecule has 0 amide bonds. The molecule has 0 aromatic heterocycles. The average molecular weight is 463 g/mol. The van der Waals surface area contributed by atoms with Gasteiger partial charge in [-0.05, 0) is 48.4 Å². The van der Waals surface area contributed by atoms with E-state index in [1.165, 1.54) is 5.56 Å². The lowest BCUT2D eigenvalue weighted by Crippen LogP contribution is -2.50. The molecule has 1 saturated heterocycles. The second-order valence-electron chi connectivity index (χ2n) is 7.87. The summed E-state index contributed by atoms with van der Waals surface area (Å²) in [6, 6.07) is 25.0. The van der Waals surface area contributed by atoms with Gasteiger partial charge in [-0.3, -0.25) is 4.99 Å². The first-order valence-corrected chi connectivity index (χ1v) is 11.4. The molecule has 33 heavy (non-hydrogen) atoms. The number of nitrogens with zero attached hydrogens (tertiary/aromatic N) is 3. The monoisotopic (exact) mass is 462 g/mol. The van der Waals surface area contributed by atoms with Gasteiger partial charge in [0.15, 0.2) is 5.96 Å². The topological polar surface area (TPSA) is 68.2 Å². The van der Waals surface area contributed by atoms with E-state index < -0.39 is 5.97 Å². The third kappa shape index (κ3) is 6.05. The van der Waals surface area contributed by atoms with Crippen molar-refractivity contribution in [3.63, 3.8) is 0 Å². The first kappa shape index (κ1) is 22.7. The Labute approximate surface area is 199 Å². The highest BCUT2D eigenvalue weighted by Crippen LogP contribution is 2.26. The normalized spacial score (nSPS) is 14.3. The summed E-state index contributed by atoms with van der Waals surface area (Å²) in [5, 5.41) is 13.3. The molecule has 2 N–H and O–H groups in total. The van der Waals surface area contributed by atoms with Crippen LogP contribution in [0.2, 0.25) is 5.02 Å². The van der Waals surface area contributed by atoms with E-state index in [1.807, 2.05) is 36.4 Å². The van der Waals surface area contributed by atoms with E-state index in [0.717, 1.165) is 55.0 Å². The average Bonchev–Trinajstić information content (AvgIpc) is 2.85. The van der Waals surface area contributed by atoms with Crippen molar-refractivity contribution in [2.75, 3.05) is 42.9 Å². The molecule has 0 unspecified atom stereocenters. The van der Waals surface area contributed by atoms with Crippen LogP contribution in [-0.2, 0) is 6.42 Å². The number of carboxylic acids is 1. The standard InChI is InChI=1S/C26H27ClN4O2/c27-23-8-4-5-9-24(23)30-16-18-31(19-17-30)26(28-15-14-20-6-2-1-3-7-20)29-22-12-10-21(11-13-22)25(32)33/h1-13H,14-19H2,(H,28,29)(H,32,33). The number of carboxylic acid groups (broad SMARTS) is 1. The number of carbonyl (C=O) groups is 1. The van der Waals surface area contributed by atoms with E-state index in [1.54, 1.807) is 24.3 Å². The summed E-state index contributed by atoms with van der Waals surface area (Å²) < 4.78 is 0. The molecule has 0 saturated carbocycles. The largest absolute Gasteiger partial charge is 0.478 e. The molecular weight excluding hydrogens is 436 g/mol. The summed E-state index contributed by atoms with van der Waals surface area (Å²) in [5.41, 5.74) is 3.37. The predicted molar refractivity (Wildman–Crippen MR) is 135 cm³/mol. The van der Waals surface area contributed by atoms with Crippen LogP contribution in [0.5, 0.6) is 0 Å². The Hall–Kier alpha value is -3.51. The number of hydrogen-bond donors (Lipinski definition) is 2. The van der Waals surface area contributed by atoms with Crippen molar-refractivity contribution in [3.05, 3.63) is 95.0 Å². The minimum absolute atomic E-state index is 0.261. The Morgan fingerprint density at radius 2 is 1.58 bits per heavy atom. The number of piperazine rings is 1. The Morgan fingerprint density at radius 3 is 2.24 bits per heavy atom. The first-order chi connectivity index (χ1) is 16.1. The number of hydrogen-bond acceptors (Lipinski definition) is 3. The second-order valence-corrected chi connectivity index (χ2v) is 8.28. The highest BCUT2D eigenvalue weighted by atomic mass is 35.5. The molecular formula is C26H27ClN4O2. The van der Waals surface area contributed by atoms with Gasteiger partial charge in [-0.15, -0.1) is 0 Å². The number of aromatic carboxylic acids is 1. The van der Waals surface area contributed by atoms with Crippen LogP contribution in [0.15, 0.2) is 83.9 Å². The van der Waals surface area contributed by atoms with Crippen molar-refractivity contribution >= 4 is 34.9 Å². The van der Waals surface area contributed by atoms with Crippen molar-refractivity contribution < 1.29 is 9.90 Å². The molecule has 0 radical (unpaired) electrons. The van der Waals surface area contributed by atoms with Gasteiger partial charge >= 0.3 is 5.97 Å². The summed E-state index contributed by atoms with van der Waals surface area (Å²) in [5.74, 6) is -0.137. The van der Waals surface area contributed by atoms with Crippen LogP contribution in [0.4, 0.5) is 11.4 Å². The van der Waals surface area contributed by atoms with Gasteiger partial charge in [0.1, 0.15) is 0 Å². The molecule has 6 nitrogen and oxygen atoms in total. The zero-order valence-corrected chi connectivity index (χ0v) is 19.1. The maximum atomic E-state index is 11.2. The number of rotatable bonds is 6. The Bertz CT molecular complexity index is 1090. The predicted octanol–water partition coefficient (Wildman–Crippen LogP) is 4.87. The number of guanidine groups is 1. The van der Waals surface area contributed by atoms with Gasteiger partial charge in [0.25, 0.3) is 0 Å². The number of halogens is 1. The van der Waals surface area contributed by atoms with E-state index in [0.29, 0.717) is 6.54 Å². The van der Waals surface area contributed by atoms with Gasteiger partial charge < -0.3 is 20.2 Å². The lowest BCUT2D eigenvalue weighted by atomic mass is 10.1. The molecule has 3 aromatic carbocycles. The molecule has 7 heteroatoms. The van der Waals surface area contributed by atoms with Crippen molar-refractivity contribution in [1.29, 1.82) is 0 Å². The summed E-state index contributed by atoms with van der Waals surface area (Å²) >= 11 is 6.39. The van der Waals surface area contributed by atoms with Crippen LogP contribution < -0.4 is 10.2 Å². The van der Waals surface area contributed by atoms with Crippen LogP contribution in [-0.4, -0.2) is 54.7 Å². The van der Waals surface area contributed by atoms with Crippen molar-refractivity contribution in [2.45, 2.75) is 6.42 Å². The zero-order chi connectivity index (χ0) is 23.0. The molecule has 1 heterocycles. The number of nitrogens with one attached hydrogen (secondary N) is 1. The van der Waals surface area contributed by atoms with Crippen molar-refractivity contribution in [1.82, 2.24) is 4.90 Å². The van der Waals surface area contributed by atoms with Crippen molar-refractivity contribution in [3.8, 4) is 0 Å². The number of anilines is 2. The van der Waals surface area contributed by atoms with Gasteiger partial charge in [-0.1, -0.05) is 54.1 Å². The minimum Gasteiger partial charge on any atom is -0.478 e. The lowest BCUT2D eigenvalue weighted by molar-refractivity contribution is 0.0697. The third-order valence-corrected chi connectivity index (χ3v) is 5.98. The summed E-state index contributed by atoms with van der Waals surface area (Å²) in [6.07, 6.45) is 0.851. The molecule has 0 spiro atoms. The van der Waals surface area contributed by atoms with E-state index in [4.69, 9.17) is 21.7 Å². The SMILES string of the molecule is O=C(O)c1ccc(NC(=NCCc2ccccc2)N2CCN(c3ccccc3Cl)CC2)cc1. The first-order valence-electron chi connectivity index (χ1n) is 11.0. The fourth-order valence-electron chi connectivity index (χ4n) is 3.85. The van der Waals surface area contributed by atoms with Crippen LogP contribution in [0.1, 0.15) is 15.9 Å². The van der Waals surface area contributed by atoms with Crippen molar-refractivity contribution in [2.24, 2.45) is 4.99 Å². The highest BCUT2D eigenvalue weighted by Gasteiger charge is 2.21. The number of benzene rings is 3. The zero-order valence-electron chi connectivity index (χ0n) is 18.3. The number of para-hydroxylation sites is 1. The molecule has 3 aromatic rings. The lowest BCUT2D eigenvalue weighted by Gasteiger charge is -2.38. The molecule has 0 bridgehead atoms.